The zero-order valence-electron chi connectivity index (χ0n) is 7.69. The molecule has 5 heteroatoms. The molecule has 2 rings (SSSR count). The molecular formula is C10H8N2O3. The van der Waals surface area contributed by atoms with Crippen molar-refractivity contribution < 1.29 is 9.21 Å². The van der Waals surface area contributed by atoms with Gasteiger partial charge >= 0.3 is 0 Å². The Balaban J connectivity index is 2.79. The lowest BCUT2D eigenvalue weighted by atomic mass is 10.2. The molecule has 1 amide bonds. The molecule has 0 spiro atoms. The summed E-state index contributed by atoms with van der Waals surface area (Å²) in [5.41, 5.74) is 6.05. The molecule has 0 saturated heterocycles. The molecule has 0 fully saturated rings. The molecule has 76 valence electrons. The van der Waals surface area contributed by atoms with Gasteiger partial charge in [0.2, 0.25) is 12.3 Å². The summed E-state index contributed by atoms with van der Waals surface area (Å²) in [6.45, 7) is 0. The maximum absolute atomic E-state index is 11.6. The highest BCUT2D eigenvalue weighted by Crippen LogP contribution is 2.20. The predicted octanol–water partition coefficient (Wildman–Crippen LogP) is 0.944. The van der Waals surface area contributed by atoms with Gasteiger partial charge in [0.05, 0.1) is 11.1 Å². The van der Waals surface area contributed by atoms with E-state index in [1.807, 2.05) is 0 Å². The van der Waals surface area contributed by atoms with Crippen LogP contribution in [0, 0.1) is 0 Å². The normalized spacial score (nSPS) is 10.1. The average molecular weight is 204 g/mol. The second-order valence-electron chi connectivity index (χ2n) is 2.96. The van der Waals surface area contributed by atoms with E-state index in [1.54, 1.807) is 18.2 Å². The first-order chi connectivity index (χ1) is 7.22. The van der Waals surface area contributed by atoms with Crippen LogP contribution in [-0.2, 0) is 4.79 Å². The number of carbonyl (C=O) groups excluding carboxylic acids is 1. The highest BCUT2D eigenvalue weighted by atomic mass is 16.3. The summed E-state index contributed by atoms with van der Waals surface area (Å²) in [6.07, 6.45) is 0.434. The molecule has 0 unspecified atom stereocenters. The topological polar surface area (TPSA) is 85.3 Å². The molecule has 0 aliphatic rings. The maximum Gasteiger partial charge on any atom is 0.213 e. The third kappa shape index (κ3) is 1.54. The zero-order chi connectivity index (χ0) is 10.8. The maximum atomic E-state index is 11.6. The number of fused-ring (bicyclic) bond motifs is 1. The van der Waals surface area contributed by atoms with Gasteiger partial charge < -0.3 is 10.2 Å². The van der Waals surface area contributed by atoms with E-state index in [2.05, 4.69) is 5.32 Å². The number of hydrogen-bond donors (Lipinski definition) is 2. The molecule has 15 heavy (non-hydrogen) atoms. The van der Waals surface area contributed by atoms with Gasteiger partial charge in [0, 0.05) is 6.07 Å². The molecule has 0 bridgehead atoms. The van der Waals surface area contributed by atoms with Crippen molar-refractivity contribution in [3.8, 4) is 0 Å². The summed E-state index contributed by atoms with van der Waals surface area (Å²) in [6, 6.07) is 6.11. The van der Waals surface area contributed by atoms with Crippen LogP contribution in [0.1, 0.15) is 0 Å². The van der Waals surface area contributed by atoms with Crippen molar-refractivity contribution in [2.45, 2.75) is 0 Å². The Labute approximate surface area is 84.5 Å². The Morgan fingerprint density at radius 2 is 2.20 bits per heavy atom. The third-order valence-corrected chi connectivity index (χ3v) is 1.99. The van der Waals surface area contributed by atoms with E-state index >= 15 is 0 Å². The number of rotatable bonds is 2. The zero-order valence-corrected chi connectivity index (χ0v) is 7.69. The van der Waals surface area contributed by atoms with Gasteiger partial charge in [-0.1, -0.05) is 6.07 Å². The van der Waals surface area contributed by atoms with Crippen LogP contribution in [0.25, 0.3) is 11.0 Å². The van der Waals surface area contributed by atoms with Crippen molar-refractivity contribution >= 4 is 29.0 Å². The number of anilines is 2. The van der Waals surface area contributed by atoms with Crippen LogP contribution in [0.5, 0.6) is 0 Å². The molecule has 0 radical (unpaired) electrons. The minimum Gasteiger partial charge on any atom is -0.438 e. The smallest absolute Gasteiger partial charge is 0.213 e. The van der Waals surface area contributed by atoms with Crippen LogP contribution in [-0.4, -0.2) is 6.41 Å². The van der Waals surface area contributed by atoms with Crippen LogP contribution in [0.3, 0.4) is 0 Å². The Morgan fingerprint density at radius 3 is 2.93 bits per heavy atom. The highest BCUT2D eigenvalue weighted by molar-refractivity contribution is 5.88. The van der Waals surface area contributed by atoms with E-state index < -0.39 is 0 Å². The van der Waals surface area contributed by atoms with Crippen molar-refractivity contribution in [2.75, 3.05) is 11.1 Å². The Kier molecular flexibility index (Phi) is 2.13. The molecule has 1 aromatic carbocycles. The number of nitrogens with one attached hydrogen (secondary N) is 1. The first-order valence-corrected chi connectivity index (χ1v) is 4.25. The SMILES string of the molecule is Nc1cccc2c(=O)cc(NC=O)oc12. The summed E-state index contributed by atoms with van der Waals surface area (Å²) in [7, 11) is 0. The molecule has 0 aliphatic heterocycles. The fraction of sp³-hybridized carbons (Fsp3) is 0. The van der Waals surface area contributed by atoms with Crippen molar-refractivity contribution in [2.24, 2.45) is 0 Å². The number of benzene rings is 1. The number of para-hydroxylation sites is 1. The van der Waals surface area contributed by atoms with Gasteiger partial charge in [-0.05, 0) is 12.1 Å². The quantitative estimate of drug-likeness (QED) is 0.563. The molecule has 0 saturated carbocycles. The monoisotopic (exact) mass is 204 g/mol. The first kappa shape index (κ1) is 9.26. The summed E-state index contributed by atoms with van der Waals surface area (Å²) in [5.74, 6) is 0.0837. The van der Waals surface area contributed by atoms with Crippen LogP contribution in [0.4, 0.5) is 11.6 Å². The Hall–Kier alpha value is -2.30. The van der Waals surface area contributed by atoms with Crippen molar-refractivity contribution in [3.05, 3.63) is 34.5 Å². The summed E-state index contributed by atoms with van der Waals surface area (Å²) < 4.78 is 5.25. The summed E-state index contributed by atoms with van der Waals surface area (Å²) >= 11 is 0. The second kappa shape index (κ2) is 3.45. The minimum atomic E-state index is -0.243. The van der Waals surface area contributed by atoms with Crippen molar-refractivity contribution in [1.29, 1.82) is 0 Å². The number of hydrogen-bond acceptors (Lipinski definition) is 4. The van der Waals surface area contributed by atoms with E-state index in [4.69, 9.17) is 10.2 Å². The fourth-order valence-electron chi connectivity index (χ4n) is 1.33. The third-order valence-electron chi connectivity index (χ3n) is 1.99. The van der Waals surface area contributed by atoms with Gasteiger partial charge in [-0.15, -0.1) is 0 Å². The molecule has 3 N–H and O–H groups in total. The van der Waals surface area contributed by atoms with E-state index in [0.29, 0.717) is 17.5 Å². The largest absolute Gasteiger partial charge is 0.438 e. The molecule has 0 aliphatic carbocycles. The summed E-state index contributed by atoms with van der Waals surface area (Å²) in [4.78, 5) is 21.8. The molecule has 1 aromatic heterocycles. The number of nitrogens with two attached hydrogens (primary N) is 1. The number of carbonyl (C=O) groups is 1. The lowest BCUT2D eigenvalue weighted by molar-refractivity contribution is -0.105. The van der Waals surface area contributed by atoms with Gasteiger partial charge in [-0.2, -0.15) is 0 Å². The molecular weight excluding hydrogens is 196 g/mol. The van der Waals surface area contributed by atoms with Gasteiger partial charge in [0.25, 0.3) is 0 Å². The van der Waals surface area contributed by atoms with E-state index in [1.165, 1.54) is 6.07 Å². The number of amides is 1. The Bertz CT molecular complexity index is 574. The Morgan fingerprint density at radius 1 is 1.40 bits per heavy atom. The number of nitrogen functional groups attached to an aromatic ring is 1. The van der Waals surface area contributed by atoms with Crippen LogP contribution < -0.4 is 16.5 Å². The molecule has 5 nitrogen and oxygen atoms in total. The van der Waals surface area contributed by atoms with Crippen molar-refractivity contribution in [3.63, 3.8) is 0 Å². The van der Waals surface area contributed by atoms with E-state index in [0.717, 1.165) is 0 Å². The van der Waals surface area contributed by atoms with Crippen molar-refractivity contribution in [1.82, 2.24) is 0 Å². The standard InChI is InChI=1S/C10H8N2O3/c11-7-3-1-2-6-8(14)4-9(12-5-13)15-10(6)7/h1-5H,11H2,(H,12,13). The molecule has 1 heterocycles. The second-order valence-corrected chi connectivity index (χ2v) is 2.96. The van der Waals surface area contributed by atoms with E-state index in [9.17, 15) is 9.59 Å². The summed E-state index contributed by atoms with van der Waals surface area (Å²) in [5, 5.41) is 2.66. The molecule has 0 atom stereocenters. The van der Waals surface area contributed by atoms with E-state index in [-0.39, 0.29) is 16.9 Å². The van der Waals surface area contributed by atoms with Crippen LogP contribution >= 0.6 is 0 Å². The molecule has 2 aromatic rings. The predicted molar refractivity (Wildman–Crippen MR) is 56.6 cm³/mol. The highest BCUT2D eigenvalue weighted by Gasteiger charge is 2.06. The lowest BCUT2D eigenvalue weighted by Gasteiger charge is -2.02. The van der Waals surface area contributed by atoms with Crippen LogP contribution in [0.2, 0.25) is 0 Å². The van der Waals surface area contributed by atoms with Gasteiger partial charge in [-0.3, -0.25) is 14.9 Å². The van der Waals surface area contributed by atoms with Gasteiger partial charge in [0.1, 0.15) is 0 Å². The lowest BCUT2D eigenvalue weighted by Crippen LogP contribution is -2.04. The van der Waals surface area contributed by atoms with Crippen LogP contribution in [0.15, 0.2) is 33.5 Å². The first-order valence-electron chi connectivity index (χ1n) is 4.25. The van der Waals surface area contributed by atoms with Gasteiger partial charge in [-0.25, -0.2) is 0 Å². The fourth-order valence-corrected chi connectivity index (χ4v) is 1.33. The van der Waals surface area contributed by atoms with Gasteiger partial charge in [0.15, 0.2) is 11.0 Å². The minimum absolute atomic E-state index is 0.0837. The average Bonchev–Trinajstić information content (AvgIpc) is 2.20.